The van der Waals surface area contributed by atoms with Crippen LogP contribution in [0.15, 0.2) is 12.1 Å². The van der Waals surface area contributed by atoms with Crippen LogP contribution in [0, 0.1) is 41.4 Å². The second-order valence-electron chi connectivity index (χ2n) is 7.81. The minimum Gasteiger partial charge on any atom is -0.459 e. The first-order valence-corrected chi connectivity index (χ1v) is 9.28. The van der Waals surface area contributed by atoms with Gasteiger partial charge in [-0.05, 0) is 56.3 Å². The number of hydrogen-bond acceptors (Lipinski definition) is 1. The Labute approximate surface area is 178 Å². The minimum absolute atomic E-state index is 0. The van der Waals surface area contributed by atoms with Crippen LogP contribution in [0.25, 0.3) is 0 Å². The molecular formula is C20H25F4OY-. The van der Waals surface area contributed by atoms with Crippen molar-refractivity contribution in [2.45, 2.75) is 64.4 Å². The summed E-state index contributed by atoms with van der Waals surface area (Å²) < 4.78 is 59.7. The van der Waals surface area contributed by atoms with Crippen LogP contribution >= 0.6 is 0 Å². The fourth-order valence-electron chi connectivity index (χ4n) is 4.46. The molecule has 0 aliphatic heterocycles. The van der Waals surface area contributed by atoms with Gasteiger partial charge in [0, 0.05) is 50.1 Å². The van der Waals surface area contributed by atoms with Gasteiger partial charge in [0.05, 0.1) is 5.92 Å². The van der Waals surface area contributed by atoms with Crippen molar-refractivity contribution in [2.75, 3.05) is 0 Å². The molecule has 2 fully saturated rings. The molecule has 0 unspecified atom stereocenters. The number of alkyl halides is 2. The van der Waals surface area contributed by atoms with Crippen molar-refractivity contribution in [3.8, 4) is 5.75 Å². The third-order valence-corrected chi connectivity index (χ3v) is 6.01. The molecule has 143 valence electrons. The summed E-state index contributed by atoms with van der Waals surface area (Å²) in [6.45, 7) is 2.28. The third kappa shape index (κ3) is 5.67. The minimum atomic E-state index is -3.41. The van der Waals surface area contributed by atoms with E-state index in [9.17, 15) is 17.6 Å². The summed E-state index contributed by atoms with van der Waals surface area (Å²) in [4.78, 5) is 0. The van der Waals surface area contributed by atoms with E-state index in [0.717, 1.165) is 30.9 Å². The second kappa shape index (κ2) is 9.36. The largest absolute Gasteiger partial charge is 0.459 e. The van der Waals surface area contributed by atoms with E-state index in [-0.39, 0.29) is 32.7 Å². The predicted molar refractivity (Wildman–Crippen MR) is 87.3 cm³/mol. The summed E-state index contributed by atoms with van der Waals surface area (Å²) in [5.74, 6) is -1.49. The van der Waals surface area contributed by atoms with Crippen molar-refractivity contribution in [1.29, 1.82) is 0 Å². The van der Waals surface area contributed by atoms with E-state index in [4.69, 9.17) is 0 Å². The topological polar surface area (TPSA) is 9.23 Å². The first kappa shape index (κ1) is 22.1. The molecule has 0 saturated heterocycles. The number of hydrogen-bond donors (Lipinski definition) is 0. The third-order valence-electron chi connectivity index (χ3n) is 6.01. The first-order chi connectivity index (χ1) is 11.8. The van der Waals surface area contributed by atoms with Gasteiger partial charge in [-0.3, -0.25) is 0 Å². The first-order valence-electron chi connectivity index (χ1n) is 9.28. The monoisotopic (exact) mass is 446 g/mol. The summed E-state index contributed by atoms with van der Waals surface area (Å²) in [6, 6.07) is 3.25. The van der Waals surface area contributed by atoms with Crippen molar-refractivity contribution in [3.05, 3.63) is 29.8 Å². The summed E-state index contributed by atoms with van der Waals surface area (Å²) >= 11 is 0. The van der Waals surface area contributed by atoms with Gasteiger partial charge in [0.2, 0.25) is 0 Å². The molecule has 0 amide bonds. The van der Waals surface area contributed by atoms with Crippen LogP contribution in [0.4, 0.5) is 17.6 Å². The van der Waals surface area contributed by atoms with Crippen LogP contribution in [-0.4, -0.2) is 6.11 Å². The Bertz CT molecular complexity index is 559. The van der Waals surface area contributed by atoms with Crippen molar-refractivity contribution < 1.29 is 55.0 Å². The number of ether oxygens (including phenoxy) is 1. The van der Waals surface area contributed by atoms with Gasteiger partial charge in [-0.1, -0.05) is 31.9 Å². The molecule has 0 spiro atoms. The molecule has 0 N–H and O–H groups in total. The molecule has 0 aromatic heterocycles. The Hall–Kier alpha value is -0.156. The zero-order valence-corrected chi connectivity index (χ0v) is 18.0. The molecule has 1 aromatic carbocycles. The van der Waals surface area contributed by atoms with Crippen LogP contribution in [0.1, 0.15) is 58.3 Å². The average Bonchev–Trinajstić information content (AvgIpc) is 2.54. The van der Waals surface area contributed by atoms with Gasteiger partial charge in [0.15, 0.2) is 0 Å². The summed E-state index contributed by atoms with van der Waals surface area (Å²) in [5.41, 5.74) is 0. The van der Waals surface area contributed by atoms with Gasteiger partial charge in [-0.25, -0.2) is 8.78 Å². The van der Waals surface area contributed by atoms with E-state index in [0.29, 0.717) is 24.7 Å². The van der Waals surface area contributed by atoms with E-state index in [1.165, 1.54) is 25.7 Å². The van der Waals surface area contributed by atoms with Gasteiger partial charge in [0.1, 0.15) is 0 Å². The van der Waals surface area contributed by atoms with E-state index in [1.54, 1.807) is 6.07 Å². The zero-order chi connectivity index (χ0) is 18.0. The fraction of sp³-hybridized carbons (Fsp3) is 0.700. The van der Waals surface area contributed by atoms with Crippen molar-refractivity contribution >= 4 is 0 Å². The molecule has 6 heteroatoms. The van der Waals surface area contributed by atoms with E-state index >= 15 is 0 Å². The van der Waals surface area contributed by atoms with Gasteiger partial charge in [0.25, 0.3) is 0 Å². The Morgan fingerprint density at radius 1 is 0.885 bits per heavy atom. The molecule has 1 radical (unpaired) electrons. The average molecular weight is 446 g/mol. The standard InChI is InChI=1S/C20H25F4O.Y/c1-13-2-4-14(5-3-13)15-6-8-16(9-7-15)20(23,24)25-19-11-17(21)10-18(22)12-19;/h11-16H,2-9H2,1H3;/q-1;. The van der Waals surface area contributed by atoms with Crippen LogP contribution < -0.4 is 4.74 Å². The van der Waals surface area contributed by atoms with Crippen LogP contribution in [0.5, 0.6) is 5.75 Å². The van der Waals surface area contributed by atoms with Crippen LogP contribution in [0.2, 0.25) is 0 Å². The van der Waals surface area contributed by atoms with Crippen LogP contribution in [0.3, 0.4) is 0 Å². The quantitative estimate of drug-likeness (QED) is 0.386. The smallest absolute Gasteiger partial charge is 0.398 e. The van der Waals surface area contributed by atoms with Crippen molar-refractivity contribution in [2.24, 2.45) is 23.7 Å². The zero-order valence-electron chi connectivity index (χ0n) is 15.1. The summed E-state index contributed by atoms with van der Waals surface area (Å²) in [5, 5.41) is 0. The molecule has 1 nitrogen and oxygen atoms in total. The van der Waals surface area contributed by atoms with Gasteiger partial charge < -0.3 is 4.74 Å². The molecule has 0 heterocycles. The molecule has 2 saturated carbocycles. The summed E-state index contributed by atoms with van der Waals surface area (Å²) in [6.07, 6.45) is 3.86. The fourth-order valence-corrected chi connectivity index (χ4v) is 4.46. The number of halogens is 4. The molecule has 26 heavy (non-hydrogen) atoms. The van der Waals surface area contributed by atoms with Gasteiger partial charge in [-0.15, -0.1) is 6.07 Å². The molecule has 2 aliphatic rings. The molecule has 2 aliphatic carbocycles. The van der Waals surface area contributed by atoms with E-state index < -0.39 is 29.4 Å². The predicted octanol–water partition coefficient (Wildman–Crippen LogP) is 6.37. The normalized spacial score (nSPS) is 29.7. The summed E-state index contributed by atoms with van der Waals surface area (Å²) in [7, 11) is 0. The maximum absolute atomic E-state index is 14.4. The second-order valence-corrected chi connectivity index (χ2v) is 7.81. The molecule has 0 atom stereocenters. The number of benzene rings is 1. The molecular weight excluding hydrogens is 421 g/mol. The van der Waals surface area contributed by atoms with Gasteiger partial charge in [-0.2, -0.15) is 8.78 Å². The van der Waals surface area contributed by atoms with Gasteiger partial charge >= 0.3 is 6.11 Å². The molecule has 3 rings (SSSR count). The SMILES string of the molecule is CC1CCC(C2CCC(C(F)(F)Oc3cc(F)[c-]c(F)c3)CC2)CC1.[Y]. The maximum Gasteiger partial charge on any atom is 0.398 e. The Morgan fingerprint density at radius 2 is 1.35 bits per heavy atom. The Balaban J connectivity index is 0.00000243. The molecule has 0 bridgehead atoms. The Kier molecular flexibility index (Phi) is 7.97. The van der Waals surface area contributed by atoms with Crippen LogP contribution in [-0.2, 0) is 32.7 Å². The molecule has 1 aromatic rings. The Morgan fingerprint density at radius 3 is 1.85 bits per heavy atom. The van der Waals surface area contributed by atoms with E-state index in [2.05, 4.69) is 11.7 Å². The van der Waals surface area contributed by atoms with Crippen molar-refractivity contribution in [1.82, 2.24) is 0 Å². The number of rotatable bonds is 4. The van der Waals surface area contributed by atoms with E-state index in [1.807, 2.05) is 0 Å². The van der Waals surface area contributed by atoms with Crippen molar-refractivity contribution in [3.63, 3.8) is 0 Å². The maximum atomic E-state index is 14.4.